The van der Waals surface area contributed by atoms with Gasteiger partial charge in [0, 0.05) is 30.1 Å². The molecule has 0 N–H and O–H groups in total. The molecule has 1 saturated heterocycles. The Bertz CT molecular complexity index is 657. The molecule has 1 heterocycles. The van der Waals surface area contributed by atoms with Gasteiger partial charge >= 0.3 is 0 Å². The van der Waals surface area contributed by atoms with Crippen LogP contribution in [-0.4, -0.2) is 24.8 Å². The summed E-state index contributed by atoms with van der Waals surface area (Å²) in [6.07, 6.45) is 12.7. The van der Waals surface area contributed by atoms with Crippen molar-refractivity contribution in [2.75, 3.05) is 13.2 Å². The average molecular weight is 403 g/mol. The van der Waals surface area contributed by atoms with Crippen LogP contribution >= 0.6 is 0 Å². The molecule has 1 aliphatic heterocycles. The Labute approximate surface area is 177 Å². The zero-order chi connectivity index (χ0) is 20.5. The molecule has 0 aromatic carbocycles. The number of carbonyl (C=O) groups is 1. The topological polar surface area (TPSA) is 35.5 Å². The smallest absolute Gasteiger partial charge is 0.168 e. The van der Waals surface area contributed by atoms with Crippen LogP contribution in [0.2, 0.25) is 0 Å². The summed E-state index contributed by atoms with van der Waals surface area (Å²) >= 11 is 0. The van der Waals surface area contributed by atoms with E-state index in [-0.39, 0.29) is 16.6 Å². The Balaban J connectivity index is 1.32. The van der Waals surface area contributed by atoms with Gasteiger partial charge in [0.2, 0.25) is 0 Å². The van der Waals surface area contributed by atoms with Crippen LogP contribution in [0.4, 0.5) is 0 Å². The lowest BCUT2D eigenvalue weighted by atomic mass is 9.45. The van der Waals surface area contributed by atoms with Gasteiger partial charge in [0.05, 0.1) is 13.2 Å². The van der Waals surface area contributed by atoms with Gasteiger partial charge in [-0.3, -0.25) is 4.79 Å². The maximum absolute atomic E-state index is 12.6. The first-order valence-electron chi connectivity index (χ1n) is 12.6. The van der Waals surface area contributed by atoms with E-state index in [9.17, 15) is 4.79 Å². The maximum atomic E-state index is 12.6. The molecule has 5 rings (SSSR count). The average Bonchev–Trinajstić information content (AvgIpc) is 3.04. The molecule has 1 spiro atoms. The van der Waals surface area contributed by atoms with Crippen molar-refractivity contribution in [1.29, 1.82) is 0 Å². The Morgan fingerprint density at radius 2 is 1.62 bits per heavy atom. The summed E-state index contributed by atoms with van der Waals surface area (Å²) < 4.78 is 13.1. The first kappa shape index (κ1) is 20.5. The van der Waals surface area contributed by atoms with Gasteiger partial charge in [-0.2, -0.15) is 0 Å². The van der Waals surface area contributed by atoms with E-state index in [0.29, 0.717) is 17.1 Å². The van der Waals surface area contributed by atoms with Crippen molar-refractivity contribution in [2.24, 2.45) is 39.9 Å². The van der Waals surface area contributed by atoms with E-state index in [4.69, 9.17) is 9.47 Å². The van der Waals surface area contributed by atoms with Crippen LogP contribution in [0.25, 0.3) is 0 Å². The lowest BCUT2D eigenvalue weighted by Gasteiger charge is -2.62. The van der Waals surface area contributed by atoms with Gasteiger partial charge in [0.25, 0.3) is 0 Å². The third-order valence-corrected chi connectivity index (χ3v) is 11.2. The number of rotatable bonds is 2. The van der Waals surface area contributed by atoms with E-state index < -0.39 is 0 Å². The maximum Gasteiger partial charge on any atom is 0.168 e. The van der Waals surface area contributed by atoms with E-state index in [1.807, 2.05) is 0 Å². The first-order chi connectivity index (χ1) is 13.8. The van der Waals surface area contributed by atoms with Crippen LogP contribution in [0.15, 0.2) is 0 Å². The van der Waals surface area contributed by atoms with Gasteiger partial charge < -0.3 is 9.47 Å². The van der Waals surface area contributed by atoms with Crippen LogP contribution in [-0.2, 0) is 14.3 Å². The van der Waals surface area contributed by atoms with Crippen molar-refractivity contribution in [3.8, 4) is 0 Å². The normalized spacial score (nSPS) is 48.1. The van der Waals surface area contributed by atoms with Crippen LogP contribution in [0.1, 0.15) is 98.3 Å². The van der Waals surface area contributed by atoms with E-state index >= 15 is 0 Å². The van der Waals surface area contributed by atoms with Crippen molar-refractivity contribution >= 4 is 5.78 Å². The summed E-state index contributed by atoms with van der Waals surface area (Å²) in [5, 5.41) is 0. The minimum atomic E-state index is -0.308. The number of ether oxygens (including phenoxy) is 2. The summed E-state index contributed by atoms with van der Waals surface area (Å²) in [6, 6.07) is 0. The van der Waals surface area contributed by atoms with Gasteiger partial charge in [0.1, 0.15) is 5.78 Å². The minimum absolute atomic E-state index is 0.000515. The molecule has 4 aliphatic carbocycles. The van der Waals surface area contributed by atoms with Gasteiger partial charge in [-0.15, -0.1) is 0 Å². The molecular formula is C26H42O3. The SMILES string of the molecule is CCC1(CC)COC2(CC[C@@]3(C)C(CCC4C3CC[C@]3(C)C(=O)CCC43)C2)OC1. The summed E-state index contributed by atoms with van der Waals surface area (Å²) in [7, 11) is 0. The molecule has 6 atom stereocenters. The third kappa shape index (κ3) is 2.85. The second-order valence-corrected chi connectivity index (χ2v) is 12.0. The summed E-state index contributed by atoms with van der Waals surface area (Å²) in [4.78, 5) is 12.6. The van der Waals surface area contributed by atoms with Crippen LogP contribution < -0.4 is 0 Å². The second-order valence-electron chi connectivity index (χ2n) is 12.0. The molecule has 4 unspecified atom stereocenters. The molecule has 5 fully saturated rings. The number of carbonyl (C=O) groups excluding carboxylic acids is 1. The number of ketones is 1. The van der Waals surface area contributed by atoms with Crippen LogP contribution in [0.3, 0.4) is 0 Å². The standard InChI is InChI=1S/C26H42O3/c1-5-25(6-2)16-28-26(29-17-25)14-13-23(3)18(15-26)7-8-19-20-9-10-22(27)24(20,4)12-11-21(19)23/h18-21H,5-17H2,1-4H3/t18?,19?,20?,21?,23-,24-/m0/s1. The Kier molecular flexibility index (Phi) is 4.80. The highest BCUT2D eigenvalue weighted by atomic mass is 16.7. The fourth-order valence-electron chi connectivity index (χ4n) is 8.54. The predicted molar refractivity (Wildman–Crippen MR) is 114 cm³/mol. The minimum Gasteiger partial charge on any atom is -0.349 e. The highest BCUT2D eigenvalue weighted by molar-refractivity contribution is 5.87. The Morgan fingerprint density at radius 1 is 0.897 bits per heavy atom. The summed E-state index contributed by atoms with van der Waals surface area (Å²) in [5.74, 6) is 3.20. The zero-order valence-corrected chi connectivity index (χ0v) is 19.2. The molecule has 3 nitrogen and oxygen atoms in total. The molecule has 29 heavy (non-hydrogen) atoms. The van der Waals surface area contributed by atoms with Crippen molar-refractivity contribution < 1.29 is 14.3 Å². The van der Waals surface area contributed by atoms with Crippen molar-refractivity contribution in [1.82, 2.24) is 0 Å². The number of hydrogen-bond acceptors (Lipinski definition) is 3. The molecule has 0 amide bonds. The second kappa shape index (κ2) is 6.79. The zero-order valence-electron chi connectivity index (χ0n) is 19.2. The lowest BCUT2D eigenvalue weighted by molar-refractivity contribution is -0.335. The quantitative estimate of drug-likeness (QED) is 0.556. The van der Waals surface area contributed by atoms with Gasteiger partial charge in [-0.05, 0) is 80.5 Å². The van der Waals surface area contributed by atoms with E-state index in [2.05, 4.69) is 27.7 Å². The number of hydrogen-bond donors (Lipinski definition) is 0. The summed E-state index contributed by atoms with van der Waals surface area (Å²) in [6.45, 7) is 11.2. The molecular weight excluding hydrogens is 360 g/mol. The van der Waals surface area contributed by atoms with E-state index in [1.54, 1.807) is 0 Å². The predicted octanol–water partition coefficient (Wildman–Crippen LogP) is 6.15. The largest absolute Gasteiger partial charge is 0.349 e. The fourth-order valence-corrected chi connectivity index (χ4v) is 8.54. The van der Waals surface area contributed by atoms with Crippen molar-refractivity contribution in [3.05, 3.63) is 0 Å². The van der Waals surface area contributed by atoms with E-state index in [0.717, 1.165) is 75.9 Å². The van der Waals surface area contributed by atoms with E-state index in [1.165, 1.54) is 25.7 Å². The molecule has 0 aromatic heterocycles. The summed E-state index contributed by atoms with van der Waals surface area (Å²) in [5.41, 5.74) is 0.643. The molecule has 0 bridgehead atoms. The van der Waals surface area contributed by atoms with Crippen LogP contribution in [0.5, 0.6) is 0 Å². The Morgan fingerprint density at radius 3 is 2.31 bits per heavy atom. The first-order valence-corrected chi connectivity index (χ1v) is 12.6. The van der Waals surface area contributed by atoms with Gasteiger partial charge in [-0.25, -0.2) is 0 Å². The fraction of sp³-hybridized carbons (Fsp3) is 0.962. The highest BCUT2D eigenvalue weighted by Gasteiger charge is 2.62. The van der Waals surface area contributed by atoms with Gasteiger partial charge in [0.15, 0.2) is 5.79 Å². The van der Waals surface area contributed by atoms with Crippen molar-refractivity contribution in [2.45, 2.75) is 104 Å². The molecule has 164 valence electrons. The van der Waals surface area contributed by atoms with Crippen molar-refractivity contribution in [3.63, 3.8) is 0 Å². The highest BCUT2D eigenvalue weighted by Crippen LogP contribution is 2.66. The number of Topliss-reactive ketones (excluding diaryl/α,β-unsaturated/α-hetero) is 1. The third-order valence-electron chi connectivity index (χ3n) is 11.2. The molecule has 4 saturated carbocycles. The lowest BCUT2D eigenvalue weighted by Crippen LogP contribution is -2.59. The van der Waals surface area contributed by atoms with Crippen LogP contribution in [0, 0.1) is 39.9 Å². The number of fused-ring (bicyclic) bond motifs is 5. The monoisotopic (exact) mass is 402 g/mol. The Hall–Kier alpha value is -0.410. The molecule has 3 heteroatoms. The molecule has 5 aliphatic rings. The molecule has 0 radical (unpaired) electrons. The molecule has 0 aromatic rings. The van der Waals surface area contributed by atoms with Gasteiger partial charge in [-0.1, -0.05) is 27.7 Å².